The highest BCUT2D eigenvalue weighted by Crippen LogP contribution is 2.43. The van der Waals surface area contributed by atoms with Crippen LogP contribution in [0.15, 0.2) is 270 Å². The van der Waals surface area contributed by atoms with Crippen LogP contribution in [-0.2, 0) is 0 Å². The van der Waals surface area contributed by atoms with Crippen LogP contribution in [0.4, 0.5) is 17.1 Å². The maximum atomic E-state index is 6.64. The Balaban J connectivity index is 0.934. The molecule has 69 heavy (non-hydrogen) atoms. The van der Waals surface area contributed by atoms with Crippen LogP contribution in [-0.4, -0.2) is 0 Å². The average Bonchev–Trinajstić information content (AvgIpc) is 4.01. The van der Waals surface area contributed by atoms with Gasteiger partial charge in [-0.1, -0.05) is 188 Å². The zero-order valence-corrected chi connectivity index (χ0v) is 37.6. The number of para-hydroxylation sites is 4. The van der Waals surface area contributed by atoms with Crippen LogP contribution in [0.25, 0.3) is 111 Å². The van der Waals surface area contributed by atoms with E-state index in [0.29, 0.717) is 0 Å². The Morgan fingerprint density at radius 2 is 0.580 bits per heavy atom. The van der Waals surface area contributed by atoms with Gasteiger partial charge in [0.05, 0.1) is 0 Å². The Morgan fingerprint density at radius 1 is 0.217 bits per heavy atom. The van der Waals surface area contributed by atoms with E-state index < -0.39 is 0 Å². The van der Waals surface area contributed by atoms with Crippen LogP contribution in [0.2, 0.25) is 0 Å². The monoisotopic (exact) mass is 881 g/mol. The number of nitrogens with zero attached hydrogens (tertiary/aromatic N) is 1. The fraction of sp³-hybridized carbons (Fsp3) is 0. The van der Waals surface area contributed by atoms with Gasteiger partial charge >= 0.3 is 0 Å². The normalized spacial score (nSPS) is 11.5. The van der Waals surface area contributed by atoms with Gasteiger partial charge in [0, 0.05) is 49.7 Å². The maximum Gasteiger partial charge on any atom is 0.143 e. The van der Waals surface area contributed by atoms with Gasteiger partial charge < -0.3 is 13.7 Å². The summed E-state index contributed by atoms with van der Waals surface area (Å²) in [6.45, 7) is 0. The van der Waals surface area contributed by atoms with E-state index in [4.69, 9.17) is 8.83 Å². The van der Waals surface area contributed by atoms with Crippen molar-refractivity contribution in [3.63, 3.8) is 0 Å². The predicted octanol–water partition coefficient (Wildman–Crippen LogP) is 19.0. The van der Waals surface area contributed by atoms with Gasteiger partial charge in [-0.05, 0) is 128 Å². The lowest BCUT2D eigenvalue weighted by molar-refractivity contribution is 0.670. The third-order valence-electron chi connectivity index (χ3n) is 13.5. The van der Waals surface area contributed by atoms with Crippen molar-refractivity contribution < 1.29 is 8.83 Å². The molecule has 0 saturated heterocycles. The molecule has 0 N–H and O–H groups in total. The van der Waals surface area contributed by atoms with Gasteiger partial charge in [-0.3, -0.25) is 0 Å². The van der Waals surface area contributed by atoms with Gasteiger partial charge in [0.1, 0.15) is 22.3 Å². The fourth-order valence-electron chi connectivity index (χ4n) is 10.1. The maximum absolute atomic E-state index is 6.64. The summed E-state index contributed by atoms with van der Waals surface area (Å²) >= 11 is 0. The zero-order chi connectivity index (χ0) is 45.7. The minimum absolute atomic E-state index is 0.878. The molecule has 3 heteroatoms. The summed E-state index contributed by atoms with van der Waals surface area (Å²) < 4.78 is 13.3. The second-order valence-electron chi connectivity index (χ2n) is 17.7. The van der Waals surface area contributed by atoms with Crippen molar-refractivity contribution in [1.29, 1.82) is 0 Å². The molecule has 324 valence electrons. The summed E-state index contributed by atoms with van der Waals surface area (Å²) in [4.78, 5) is 2.35. The van der Waals surface area contributed by atoms with E-state index in [-0.39, 0.29) is 0 Å². The molecule has 13 rings (SSSR count). The number of benzene rings is 11. The van der Waals surface area contributed by atoms with Crippen LogP contribution in [0.3, 0.4) is 0 Å². The van der Waals surface area contributed by atoms with Crippen molar-refractivity contribution in [2.75, 3.05) is 4.90 Å². The SMILES string of the molecule is c1ccc(-c2ccc(N(c3ccc(-c4ccccc4)cc3)c3cccc(-c4cccc(-c5cc(-c6cccc7c6oc6ccccc67)cc(-c6cccc7c6oc6ccccc67)c5)c4)c3)cc2)cc1. The van der Waals surface area contributed by atoms with Gasteiger partial charge in [0.25, 0.3) is 0 Å². The molecule has 0 fully saturated rings. The third-order valence-corrected chi connectivity index (χ3v) is 13.5. The van der Waals surface area contributed by atoms with Crippen LogP contribution < -0.4 is 4.90 Å². The molecule has 3 nitrogen and oxygen atoms in total. The quantitative estimate of drug-likeness (QED) is 0.145. The van der Waals surface area contributed by atoms with Crippen molar-refractivity contribution in [2.45, 2.75) is 0 Å². The summed E-state index contributed by atoms with van der Waals surface area (Å²) in [5.74, 6) is 0. The molecule has 11 aromatic carbocycles. The summed E-state index contributed by atoms with van der Waals surface area (Å²) in [6, 6.07) is 93.1. The second kappa shape index (κ2) is 16.9. The summed E-state index contributed by atoms with van der Waals surface area (Å²) in [5, 5.41) is 4.42. The molecule has 2 aromatic heterocycles. The molecule has 0 aliphatic carbocycles. The lowest BCUT2D eigenvalue weighted by Crippen LogP contribution is -2.10. The van der Waals surface area contributed by atoms with Crippen molar-refractivity contribution in [3.05, 3.63) is 261 Å². The molecule has 2 heterocycles. The second-order valence-corrected chi connectivity index (χ2v) is 17.7. The lowest BCUT2D eigenvalue weighted by Gasteiger charge is -2.26. The number of fused-ring (bicyclic) bond motifs is 6. The van der Waals surface area contributed by atoms with Crippen molar-refractivity contribution in [3.8, 4) is 66.8 Å². The van der Waals surface area contributed by atoms with E-state index >= 15 is 0 Å². The first-order valence-electron chi connectivity index (χ1n) is 23.5. The van der Waals surface area contributed by atoms with Crippen molar-refractivity contribution >= 4 is 60.9 Å². The third kappa shape index (κ3) is 7.34. The van der Waals surface area contributed by atoms with Crippen LogP contribution in [0.5, 0.6) is 0 Å². The number of rotatable bonds is 9. The first kappa shape index (κ1) is 40.1. The van der Waals surface area contributed by atoms with E-state index in [1.54, 1.807) is 0 Å². The Labute approximate surface area is 400 Å². The summed E-state index contributed by atoms with van der Waals surface area (Å²) in [7, 11) is 0. The Hall–Kier alpha value is -9.18. The molecule has 0 unspecified atom stereocenters. The fourth-order valence-corrected chi connectivity index (χ4v) is 10.1. The first-order valence-corrected chi connectivity index (χ1v) is 23.5. The standard InChI is InChI=1S/C66H43NO2/c1-3-15-44(16-4-1)46-31-35-54(36-32-46)67(55-37-33-47(34-38-55)45-17-5-2-6-18-45)56-22-12-21-50(43-56)48-19-11-20-49(39-48)51-40-52(57-25-13-27-61-59-23-7-9-29-63(59)68-65(57)61)42-53(41-51)58-26-14-28-62-60-24-8-10-30-64(60)69-66(58)62/h1-43H. The highest BCUT2D eigenvalue weighted by atomic mass is 16.3. The summed E-state index contributed by atoms with van der Waals surface area (Å²) in [6.07, 6.45) is 0. The molecule has 0 spiro atoms. The largest absolute Gasteiger partial charge is 0.455 e. The van der Waals surface area contributed by atoms with Gasteiger partial charge in [0.2, 0.25) is 0 Å². The first-order chi connectivity index (χ1) is 34.2. The molecule has 0 bridgehead atoms. The van der Waals surface area contributed by atoms with Gasteiger partial charge in [-0.2, -0.15) is 0 Å². The predicted molar refractivity (Wildman–Crippen MR) is 288 cm³/mol. The number of anilines is 3. The number of hydrogen-bond donors (Lipinski definition) is 0. The number of hydrogen-bond acceptors (Lipinski definition) is 3. The topological polar surface area (TPSA) is 29.5 Å². The van der Waals surface area contributed by atoms with E-state index in [0.717, 1.165) is 105 Å². The van der Waals surface area contributed by atoms with Gasteiger partial charge in [0.15, 0.2) is 0 Å². The smallest absolute Gasteiger partial charge is 0.143 e. The van der Waals surface area contributed by atoms with Crippen molar-refractivity contribution in [1.82, 2.24) is 0 Å². The minimum Gasteiger partial charge on any atom is -0.455 e. The molecule has 0 saturated carbocycles. The molecular weight excluding hydrogens is 839 g/mol. The average molecular weight is 882 g/mol. The molecular formula is C66H43NO2. The van der Waals surface area contributed by atoms with Gasteiger partial charge in [-0.15, -0.1) is 0 Å². The van der Waals surface area contributed by atoms with E-state index in [1.807, 2.05) is 24.3 Å². The van der Waals surface area contributed by atoms with E-state index in [2.05, 4.69) is 241 Å². The Morgan fingerprint density at radius 3 is 1.10 bits per heavy atom. The summed E-state index contributed by atoms with van der Waals surface area (Å²) in [5.41, 5.74) is 20.2. The molecule has 0 aliphatic heterocycles. The van der Waals surface area contributed by atoms with Crippen LogP contribution in [0, 0.1) is 0 Å². The molecule has 0 aliphatic rings. The zero-order valence-electron chi connectivity index (χ0n) is 37.6. The highest BCUT2D eigenvalue weighted by Gasteiger charge is 2.19. The molecule has 0 radical (unpaired) electrons. The number of furan rings is 2. The van der Waals surface area contributed by atoms with E-state index in [1.165, 1.54) is 22.3 Å². The Bertz CT molecular complexity index is 3780. The highest BCUT2D eigenvalue weighted by molar-refractivity contribution is 6.12. The van der Waals surface area contributed by atoms with Crippen LogP contribution in [0.1, 0.15) is 0 Å². The molecule has 0 atom stereocenters. The Kier molecular flexibility index (Phi) is 9.84. The lowest BCUT2D eigenvalue weighted by atomic mass is 9.91. The van der Waals surface area contributed by atoms with Crippen LogP contribution >= 0.6 is 0 Å². The molecule has 0 amide bonds. The molecule has 13 aromatic rings. The van der Waals surface area contributed by atoms with Crippen molar-refractivity contribution in [2.24, 2.45) is 0 Å². The van der Waals surface area contributed by atoms with Gasteiger partial charge in [-0.25, -0.2) is 0 Å². The minimum atomic E-state index is 0.878. The van der Waals surface area contributed by atoms with E-state index in [9.17, 15) is 0 Å².